The Morgan fingerprint density at radius 2 is 1.96 bits per heavy atom. The van der Waals surface area contributed by atoms with Gasteiger partial charge in [-0.05, 0) is 43.3 Å². The molecule has 0 saturated heterocycles. The smallest absolute Gasteiger partial charge is 0.267 e. The van der Waals surface area contributed by atoms with Crippen LogP contribution >= 0.6 is 11.6 Å². The van der Waals surface area contributed by atoms with E-state index in [0.29, 0.717) is 10.7 Å². The third-order valence-electron chi connectivity index (χ3n) is 3.91. The zero-order valence-electron chi connectivity index (χ0n) is 14.3. The van der Waals surface area contributed by atoms with E-state index < -0.39 is 17.5 Å². The topological polar surface area (TPSA) is 101 Å². The number of aromatic nitrogens is 3. The van der Waals surface area contributed by atoms with Crippen LogP contribution in [0, 0.1) is 11.3 Å². The quantitative estimate of drug-likeness (QED) is 0.750. The van der Waals surface area contributed by atoms with Crippen molar-refractivity contribution in [2.45, 2.75) is 13.0 Å². The Kier molecular flexibility index (Phi) is 5.29. The van der Waals surface area contributed by atoms with Crippen molar-refractivity contribution >= 4 is 23.2 Å². The number of carbonyl (C=O) groups is 1. The zero-order valence-corrected chi connectivity index (χ0v) is 15.0. The Hall–Kier alpha value is -3.50. The summed E-state index contributed by atoms with van der Waals surface area (Å²) in [5.74, 6) is -0.491. The molecule has 0 bridgehead atoms. The minimum atomic E-state index is -0.898. The van der Waals surface area contributed by atoms with Crippen LogP contribution in [-0.4, -0.2) is 20.7 Å². The summed E-state index contributed by atoms with van der Waals surface area (Å²) in [4.78, 5) is 28.8. The summed E-state index contributed by atoms with van der Waals surface area (Å²) in [7, 11) is 0. The molecule has 2 aromatic heterocycles. The summed E-state index contributed by atoms with van der Waals surface area (Å²) in [5.41, 5.74) is 1.44. The number of hydrogen-bond acceptors (Lipinski definition) is 5. The maximum atomic E-state index is 12.6. The van der Waals surface area contributed by atoms with Gasteiger partial charge in [0, 0.05) is 29.0 Å². The van der Waals surface area contributed by atoms with Crippen molar-refractivity contribution < 1.29 is 4.79 Å². The number of amides is 1. The predicted molar refractivity (Wildman–Crippen MR) is 101 cm³/mol. The highest BCUT2D eigenvalue weighted by Gasteiger charge is 2.19. The van der Waals surface area contributed by atoms with Gasteiger partial charge in [-0.25, -0.2) is 4.68 Å². The van der Waals surface area contributed by atoms with Crippen molar-refractivity contribution in [3.05, 3.63) is 75.8 Å². The first-order chi connectivity index (χ1) is 13.0. The van der Waals surface area contributed by atoms with Crippen molar-refractivity contribution in [2.24, 2.45) is 0 Å². The summed E-state index contributed by atoms with van der Waals surface area (Å²) < 4.78 is 1.10. The van der Waals surface area contributed by atoms with Crippen molar-refractivity contribution in [1.29, 1.82) is 5.26 Å². The van der Waals surface area contributed by atoms with E-state index in [1.165, 1.54) is 18.2 Å². The molecule has 0 aliphatic rings. The molecule has 0 saturated carbocycles. The van der Waals surface area contributed by atoms with Gasteiger partial charge in [0.05, 0.1) is 16.9 Å². The molecule has 0 fully saturated rings. The first-order valence-electron chi connectivity index (χ1n) is 8.00. The Morgan fingerprint density at radius 3 is 2.67 bits per heavy atom. The van der Waals surface area contributed by atoms with Gasteiger partial charge in [-0.2, -0.15) is 10.4 Å². The van der Waals surface area contributed by atoms with Crippen LogP contribution in [0.2, 0.25) is 5.02 Å². The van der Waals surface area contributed by atoms with Crippen LogP contribution in [0.15, 0.2) is 59.7 Å². The van der Waals surface area contributed by atoms with E-state index in [-0.39, 0.29) is 11.3 Å². The van der Waals surface area contributed by atoms with Gasteiger partial charge >= 0.3 is 0 Å². The molecule has 27 heavy (non-hydrogen) atoms. The second kappa shape index (κ2) is 7.81. The van der Waals surface area contributed by atoms with Crippen LogP contribution < -0.4 is 10.9 Å². The highest BCUT2D eigenvalue weighted by Crippen LogP contribution is 2.21. The number of nitrogens with one attached hydrogen (secondary N) is 1. The molecule has 1 amide bonds. The van der Waals surface area contributed by atoms with Crippen LogP contribution in [0.3, 0.4) is 0 Å². The average Bonchev–Trinajstić information content (AvgIpc) is 2.68. The number of nitriles is 1. The van der Waals surface area contributed by atoms with Gasteiger partial charge in [0.1, 0.15) is 12.1 Å². The first-order valence-corrected chi connectivity index (χ1v) is 8.38. The first kappa shape index (κ1) is 18.3. The number of nitrogens with zero attached hydrogens (tertiary/aromatic N) is 4. The minimum Gasteiger partial charge on any atom is -0.323 e. The minimum absolute atomic E-state index is 0.269. The number of halogens is 1. The molecule has 1 N–H and O–H groups in total. The van der Waals surface area contributed by atoms with Crippen molar-refractivity contribution in [1.82, 2.24) is 14.8 Å². The highest BCUT2D eigenvalue weighted by atomic mass is 35.5. The summed E-state index contributed by atoms with van der Waals surface area (Å²) in [6.45, 7) is 1.55. The molecule has 8 heteroatoms. The summed E-state index contributed by atoms with van der Waals surface area (Å²) >= 11 is 5.93. The number of benzene rings is 1. The summed E-state index contributed by atoms with van der Waals surface area (Å²) in [5, 5.41) is 16.5. The molecular weight excluding hydrogens is 366 g/mol. The van der Waals surface area contributed by atoms with Gasteiger partial charge in [0.2, 0.25) is 5.91 Å². The largest absolute Gasteiger partial charge is 0.323 e. The molecule has 3 aromatic rings. The van der Waals surface area contributed by atoms with Gasteiger partial charge < -0.3 is 5.32 Å². The fourth-order valence-electron chi connectivity index (χ4n) is 2.44. The van der Waals surface area contributed by atoms with Crippen LogP contribution in [0.25, 0.3) is 11.3 Å². The molecule has 0 radical (unpaired) electrons. The van der Waals surface area contributed by atoms with Crippen LogP contribution in [0.5, 0.6) is 0 Å². The fourth-order valence-corrected chi connectivity index (χ4v) is 2.62. The fraction of sp³-hybridized carbons (Fsp3) is 0.105. The SMILES string of the molecule is CC(C(=O)Nc1cc(Cl)ccc1C#N)n1nc(-c2ccncc2)ccc1=O. The normalized spacial score (nSPS) is 11.4. The Bertz CT molecular complexity index is 1090. The standard InChI is InChI=1S/C19H14ClN5O2/c1-12(19(27)23-17-10-15(20)3-2-14(17)11-21)25-18(26)5-4-16(24-25)13-6-8-22-9-7-13/h2-10,12H,1H3,(H,23,27). The molecule has 0 aliphatic carbocycles. The molecule has 3 rings (SSSR count). The lowest BCUT2D eigenvalue weighted by Gasteiger charge is -2.15. The second-order valence-electron chi connectivity index (χ2n) is 5.70. The third-order valence-corrected chi connectivity index (χ3v) is 4.14. The molecule has 7 nitrogen and oxygen atoms in total. The predicted octanol–water partition coefficient (Wildman–Crippen LogP) is 3.03. The lowest BCUT2D eigenvalue weighted by Crippen LogP contribution is -2.33. The van der Waals surface area contributed by atoms with Crippen molar-refractivity contribution in [2.75, 3.05) is 5.32 Å². The van der Waals surface area contributed by atoms with Crippen molar-refractivity contribution in [3.8, 4) is 17.3 Å². The van der Waals surface area contributed by atoms with E-state index in [4.69, 9.17) is 16.9 Å². The van der Waals surface area contributed by atoms with Gasteiger partial charge in [0.15, 0.2) is 0 Å². The number of pyridine rings is 1. The lowest BCUT2D eigenvalue weighted by molar-refractivity contribution is -0.119. The molecule has 0 spiro atoms. The molecule has 1 unspecified atom stereocenters. The van der Waals surface area contributed by atoms with Gasteiger partial charge in [0.25, 0.3) is 5.56 Å². The Morgan fingerprint density at radius 1 is 1.22 bits per heavy atom. The molecule has 134 valence electrons. The van der Waals surface area contributed by atoms with E-state index in [1.807, 2.05) is 6.07 Å². The second-order valence-corrected chi connectivity index (χ2v) is 6.14. The average molecular weight is 380 g/mol. The number of anilines is 1. The van der Waals surface area contributed by atoms with E-state index in [9.17, 15) is 9.59 Å². The molecular formula is C19H14ClN5O2. The van der Waals surface area contributed by atoms with Gasteiger partial charge in [-0.1, -0.05) is 11.6 Å². The van der Waals surface area contributed by atoms with Gasteiger partial charge in [-0.15, -0.1) is 0 Å². The number of carbonyl (C=O) groups excluding carboxylic acids is 1. The summed E-state index contributed by atoms with van der Waals surface area (Å²) in [6, 6.07) is 12.1. The van der Waals surface area contributed by atoms with Gasteiger partial charge in [-0.3, -0.25) is 14.6 Å². The number of hydrogen-bond donors (Lipinski definition) is 1. The lowest BCUT2D eigenvalue weighted by atomic mass is 10.2. The van der Waals surface area contributed by atoms with Crippen LogP contribution in [-0.2, 0) is 4.79 Å². The van der Waals surface area contributed by atoms with E-state index in [2.05, 4.69) is 15.4 Å². The van der Waals surface area contributed by atoms with Crippen molar-refractivity contribution in [3.63, 3.8) is 0 Å². The Balaban J connectivity index is 1.91. The van der Waals surface area contributed by atoms with Crippen LogP contribution in [0.1, 0.15) is 18.5 Å². The van der Waals surface area contributed by atoms with Crippen LogP contribution in [0.4, 0.5) is 5.69 Å². The van der Waals surface area contributed by atoms with E-state index >= 15 is 0 Å². The maximum Gasteiger partial charge on any atom is 0.267 e. The molecule has 0 aliphatic heterocycles. The molecule has 2 heterocycles. The molecule has 1 aromatic carbocycles. The van der Waals surface area contributed by atoms with E-state index in [1.54, 1.807) is 43.6 Å². The maximum absolute atomic E-state index is 12.6. The third kappa shape index (κ3) is 4.02. The highest BCUT2D eigenvalue weighted by molar-refractivity contribution is 6.31. The van der Waals surface area contributed by atoms with E-state index in [0.717, 1.165) is 10.2 Å². The zero-order chi connectivity index (χ0) is 19.4. The number of rotatable bonds is 4. The summed E-state index contributed by atoms with van der Waals surface area (Å²) in [6.07, 6.45) is 3.23. The monoisotopic (exact) mass is 379 g/mol. The molecule has 1 atom stereocenters. The Labute approximate surface area is 159 Å².